The topological polar surface area (TPSA) is 68.9 Å². The van der Waals surface area contributed by atoms with Gasteiger partial charge in [-0.05, 0) is 42.4 Å². The van der Waals surface area contributed by atoms with Gasteiger partial charge in [-0.3, -0.25) is 0 Å². The van der Waals surface area contributed by atoms with E-state index in [4.69, 9.17) is 10.5 Å². The average molecular weight is 501 g/mol. The highest BCUT2D eigenvalue weighted by molar-refractivity contribution is 14.0. The summed E-state index contributed by atoms with van der Waals surface area (Å²) in [7, 11) is 1.71. The van der Waals surface area contributed by atoms with Crippen molar-refractivity contribution >= 4 is 29.9 Å². The molecule has 1 fully saturated rings. The predicted molar refractivity (Wildman–Crippen MR) is 109 cm³/mol. The second-order valence-corrected chi connectivity index (χ2v) is 6.70. The molecule has 0 amide bonds. The van der Waals surface area contributed by atoms with E-state index in [-0.39, 0.29) is 41.7 Å². The maximum atomic E-state index is 12.1. The van der Waals surface area contributed by atoms with E-state index in [2.05, 4.69) is 15.0 Å². The highest BCUT2D eigenvalue weighted by atomic mass is 127. The lowest BCUT2D eigenvalue weighted by Crippen LogP contribution is -2.40. The van der Waals surface area contributed by atoms with Crippen molar-refractivity contribution in [3.63, 3.8) is 0 Å². The number of methoxy groups -OCH3 is 1. The van der Waals surface area contributed by atoms with Crippen LogP contribution in [0.1, 0.15) is 37.7 Å². The van der Waals surface area contributed by atoms with E-state index < -0.39 is 6.36 Å². The van der Waals surface area contributed by atoms with Crippen molar-refractivity contribution in [3.05, 3.63) is 29.8 Å². The number of benzene rings is 1. The third-order valence-corrected chi connectivity index (χ3v) is 4.73. The van der Waals surface area contributed by atoms with Gasteiger partial charge < -0.3 is 20.5 Å². The molecule has 0 aromatic heterocycles. The van der Waals surface area contributed by atoms with E-state index in [0.717, 1.165) is 38.0 Å². The first-order valence-electron chi connectivity index (χ1n) is 8.69. The van der Waals surface area contributed by atoms with Gasteiger partial charge in [0.1, 0.15) is 5.75 Å². The second kappa shape index (κ2) is 10.9. The molecule has 154 valence electrons. The van der Waals surface area contributed by atoms with Crippen LogP contribution in [0.2, 0.25) is 0 Å². The number of rotatable bonds is 8. The lowest BCUT2D eigenvalue weighted by molar-refractivity contribution is -0.274. The van der Waals surface area contributed by atoms with Gasteiger partial charge in [0.2, 0.25) is 0 Å². The van der Waals surface area contributed by atoms with Gasteiger partial charge in [0.05, 0.1) is 6.54 Å². The Kier molecular flexibility index (Phi) is 9.65. The summed E-state index contributed by atoms with van der Waals surface area (Å²) in [6.45, 7) is 1.77. The fourth-order valence-electron chi connectivity index (χ4n) is 3.27. The lowest BCUT2D eigenvalue weighted by atomic mass is 9.83. The molecule has 0 radical (unpaired) electrons. The zero-order valence-corrected chi connectivity index (χ0v) is 17.7. The standard InChI is InChI=1S/C18H26F3N3O2.HI/c1-25-11-10-17(8-2-3-9-17)13-24-16(22)23-12-14-4-6-15(7-5-14)26-18(19,20)21;/h4-7H,2-3,8-13H2,1H3,(H3,22,23,24);1H. The van der Waals surface area contributed by atoms with E-state index in [1.807, 2.05) is 0 Å². The van der Waals surface area contributed by atoms with Crippen LogP contribution < -0.4 is 15.8 Å². The summed E-state index contributed by atoms with van der Waals surface area (Å²) in [5.74, 6) is 0.0851. The van der Waals surface area contributed by atoms with Gasteiger partial charge in [0, 0.05) is 20.3 Å². The Hall–Kier alpha value is -1.23. The highest BCUT2D eigenvalue weighted by Gasteiger charge is 2.33. The van der Waals surface area contributed by atoms with Crippen LogP contribution in [-0.2, 0) is 11.3 Å². The Morgan fingerprint density at radius 3 is 2.41 bits per heavy atom. The number of nitrogens with one attached hydrogen (secondary N) is 1. The number of aliphatic imine (C=N–C) groups is 1. The number of alkyl halides is 3. The third-order valence-electron chi connectivity index (χ3n) is 4.73. The molecule has 0 spiro atoms. The van der Waals surface area contributed by atoms with E-state index >= 15 is 0 Å². The minimum atomic E-state index is -4.69. The van der Waals surface area contributed by atoms with E-state index in [9.17, 15) is 13.2 Å². The highest BCUT2D eigenvalue weighted by Crippen LogP contribution is 2.40. The molecule has 0 saturated heterocycles. The van der Waals surface area contributed by atoms with Crippen LogP contribution >= 0.6 is 24.0 Å². The van der Waals surface area contributed by atoms with Gasteiger partial charge >= 0.3 is 6.36 Å². The summed E-state index contributed by atoms with van der Waals surface area (Å²) in [4.78, 5) is 4.26. The molecule has 0 heterocycles. The Bertz CT molecular complexity index is 589. The molecule has 1 aromatic rings. The summed E-state index contributed by atoms with van der Waals surface area (Å²) in [5, 5.41) is 3.19. The minimum absolute atomic E-state index is 0. The summed E-state index contributed by atoms with van der Waals surface area (Å²) < 4.78 is 45.5. The predicted octanol–water partition coefficient (Wildman–Crippen LogP) is 4.20. The first-order chi connectivity index (χ1) is 12.3. The van der Waals surface area contributed by atoms with Crippen LogP contribution in [0.15, 0.2) is 29.3 Å². The van der Waals surface area contributed by atoms with Crippen LogP contribution in [0.4, 0.5) is 13.2 Å². The van der Waals surface area contributed by atoms with Crippen molar-refractivity contribution in [1.82, 2.24) is 5.32 Å². The number of hydrogen-bond acceptors (Lipinski definition) is 3. The van der Waals surface area contributed by atoms with E-state index in [1.54, 1.807) is 7.11 Å². The van der Waals surface area contributed by atoms with Gasteiger partial charge in [0.25, 0.3) is 0 Å². The van der Waals surface area contributed by atoms with Crippen LogP contribution in [0.25, 0.3) is 0 Å². The molecule has 27 heavy (non-hydrogen) atoms. The van der Waals surface area contributed by atoms with Crippen molar-refractivity contribution in [3.8, 4) is 5.75 Å². The molecule has 9 heteroatoms. The van der Waals surface area contributed by atoms with Crippen LogP contribution in [0.3, 0.4) is 0 Å². The van der Waals surface area contributed by atoms with E-state index in [0.29, 0.717) is 5.96 Å². The van der Waals surface area contributed by atoms with Gasteiger partial charge in [-0.15, -0.1) is 37.1 Å². The molecule has 1 aliphatic rings. The molecular formula is C18H27F3IN3O2. The molecule has 0 unspecified atom stereocenters. The molecule has 1 aliphatic carbocycles. The molecule has 0 aliphatic heterocycles. The molecule has 3 N–H and O–H groups in total. The molecule has 2 rings (SSSR count). The second-order valence-electron chi connectivity index (χ2n) is 6.70. The van der Waals surface area contributed by atoms with Crippen molar-refractivity contribution in [2.45, 2.75) is 45.0 Å². The molecule has 1 saturated carbocycles. The lowest BCUT2D eigenvalue weighted by Gasteiger charge is -2.29. The fraction of sp³-hybridized carbons (Fsp3) is 0.611. The third kappa shape index (κ3) is 8.54. The van der Waals surface area contributed by atoms with Crippen molar-refractivity contribution in [1.29, 1.82) is 0 Å². The number of hydrogen-bond donors (Lipinski definition) is 2. The number of ether oxygens (including phenoxy) is 2. The SMILES string of the molecule is COCCC1(CNC(N)=NCc2ccc(OC(F)(F)F)cc2)CCCC1.I. The smallest absolute Gasteiger partial charge is 0.406 e. The Balaban J connectivity index is 0.00000364. The molecule has 0 atom stereocenters. The van der Waals surface area contributed by atoms with Crippen LogP contribution in [0.5, 0.6) is 5.75 Å². The summed E-state index contributed by atoms with van der Waals surface area (Å²) in [6, 6.07) is 5.60. The number of halogens is 4. The monoisotopic (exact) mass is 501 g/mol. The quantitative estimate of drug-likeness (QED) is 0.318. The van der Waals surface area contributed by atoms with Gasteiger partial charge in [-0.1, -0.05) is 25.0 Å². The number of guanidine groups is 1. The Morgan fingerprint density at radius 2 is 1.85 bits per heavy atom. The molecule has 5 nitrogen and oxygen atoms in total. The zero-order valence-electron chi connectivity index (χ0n) is 15.3. The first-order valence-corrected chi connectivity index (χ1v) is 8.69. The van der Waals surface area contributed by atoms with Crippen molar-refractivity contribution in [2.24, 2.45) is 16.1 Å². The largest absolute Gasteiger partial charge is 0.573 e. The normalized spacial score (nSPS) is 16.7. The average Bonchev–Trinajstić information content (AvgIpc) is 3.05. The number of nitrogens with zero attached hydrogens (tertiary/aromatic N) is 1. The summed E-state index contributed by atoms with van der Waals surface area (Å²) in [5.41, 5.74) is 6.88. The number of nitrogens with two attached hydrogens (primary N) is 1. The van der Waals surface area contributed by atoms with Gasteiger partial charge in [-0.25, -0.2) is 4.99 Å². The van der Waals surface area contributed by atoms with Crippen LogP contribution in [0, 0.1) is 5.41 Å². The maximum absolute atomic E-state index is 12.1. The first kappa shape index (κ1) is 23.8. The van der Waals surface area contributed by atoms with Crippen molar-refractivity contribution < 1.29 is 22.6 Å². The van der Waals surface area contributed by atoms with Crippen LogP contribution in [-0.4, -0.2) is 32.6 Å². The van der Waals surface area contributed by atoms with Gasteiger partial charge in [-0.2, -0.15) is 0 Å². The minimum Gasteiger partial charge on any atom is -0.406 e. The van der Waals surface area contributed by atoms with E-state index in [1.165, 1.54) is 37.1 Å². The van der Waals surface area contributed by atoms with Crippen molar-refractivity contribution in [2.75, 3.05) is 20.3 Å². The van der Waals surface area contributed by atoms with Gasteiger partial charge in [0.15, 0.2) is 5.96 Å². The Labute approximate surface area is 174 Å². The summed E-state index contributed by atoms with van der Waals surface area (Å²) >= 11 is 0. The maximum Gasteiger partial charge on any atom is 0.573 e. The molecule has 1 aromatic carbocycles. The molecular weight excluding hydrogens is 474 g/mol. The Morgan fingerprint density at radius 1 is 1.22 bits per heavy atom. The zero-order chi connectivity index (χ0) is 19.0. The molecule has 0 bridgehead atoms. The summed E-state index contributed by atoms with van der Waals surface area (Å²) in [6.07, 6.45) is 1.04. The fourth-order valence-corrected chi connectivity index (χ4v) is 3.27.